The van der Waals surface area contributed by atoms with E-state index >= 15 is 0 Å². The highest BCUT2D eigenvalue weighted by Gasteiger charge is 2.31. The quantitative estimate of drug-likeness (QED) is 0.700. The second-order valence-corrected chi connectivity index (χ2v) is 3.58. The standard InChI is InChI=1S/C9H13N3O2/c1-6-3-8(9(13)14-6)11-7-4-10-12(2)5-7/h4-6,8,11H,3H2,1-2H3. The van der Waals surface area contributed by atoms with Crippen molar-refractivity contribution in [2.75, 3.05) is 5.32 Å². The van der Waals surface area contributed by atoms with Gasteiger partial charge in [0.15, 0.2) is 0 Å². The molecule has 1 aliphatic heterocycles. The van der Waals surface area contributed by atoms with Crippen molar-refractivity contribution in [2.45, 2.75) is 25.5 Å². The van der Waals surface area contributed by atoms with Crippen LogP contribution in [0.4, 0.5) is 5.69 Å². The minimum absolute atomic E-state index is 0.0108. The number of aromatic nitrogens is 2. The Labute approximate surface area is 82.0 Å². The number of nitrogens with zero attached hydrogens (tertiary/aromatic N) is 2. The Morgan fingerprint density at radius 1 is 1.71 bits per heavy atom. The van der Waals surface area contributed by atoms with Gasteiger partial charge in [-0.05, 0) is 6.92 Å². The first kappa shape index (κ1) is 9.05. The molecule has 0 aliphatic carbocycles. The second kappa shape index (κ2) is 3.32. The van der Waals surface area contributed by atoms with Crippen molar-refractivity contribution in [3.05, 3.63) is 12.4 Å². The minimum atomic E-state index is -0.228. The molecule has 1 aromatic rings. The zero-order chi connectivity index (χ0) is 10.1. The number of aryl methyl sites for hydroxylation is 1. The third-order valence-corrected chi connectivity index (χ3v) is 2.22. The van der Waals surface area contributed by atoms with Gasteiger partial charge in [0.05, 0.1) is 11.9 Å². The lowest BCUT2D eigenvalue weighted by Gasteiger charge is -2.06. The molecule has 0 spiro atoms. The molecule has 14 heavy (non-hydrogen) atoms. The summed E-state index contributed by atoms with van der Waals surface area (Å²) < 4.78 is 6.71. The molecule has 2 heterocycles. The number of anilines is 1. The molecule has 1 fully saturated rings. The Bertz CT molecular complexity index is 348. The Morgan fingerprint density at radius 3 is 3.00 bits per heavy atom. The Balaban J connectivity index is 2.01. The molecule has 0 amide bonds. The van der Waals surface area contributed by atoms with Gasteiger partial charge in [-0.25, -0.2) is 4.79 Å². The van der Waals surface area contributed by atoms with E-state index in [2.05, 4.69) is 10.4 Å². The summed E-state index contributed by atoms with van der Waals surface area (Å²) >= 11 is 0. The number of hydrogen-bond donors (Lipinski definition) is 1. The molecule has 1 N–H and O–H groups in total. The molecule has 1 aliphatic rings. The number of hydrogen-bond acceptors (Lipinski definition) is 4. The monoisotopic (exact) mass is 195 g/mol. The molecule has 0 radical (unpaired) electrons. The summed E-state index contributed by atoms with van der Waals surface area (Å²) in [6.07, 6.45) is 4.25. The fourth-order valence-electron chi connectivity index (χ4n) is 1.57. The van der Waals surface area contributed by atoms with Gasteiger partial charge in [-0.2, -0.15) is 5.10 Å². The second-order valence-electron chi connectivity index (χ2n) is 3.58. The van der Waals surface area contributed by atoms with E-state index in [0.29, 0.717) is 6.42 Å². The maximum Gasteiger partial charge on any atom is 0.328 e. The van der Waals surface area contributed by atoms with E-state index in [1.807, 2.05) is 20.2 Å². The van der Waals surface area contributed by atoms with Gasteiger partial charge in [0, 0.05) is 19.7 Å². The highest BCUT2D eigenvalue weighted by molar-refractivity contribution is 5.81. The zero-order valence-electron chi connectivity index (χ0n) is 8.23. The van der Waals surface area contributed by atoms with E-state index in [0.717, 1.165) is 5.69 Å². The Morgan fingerprint density at radius 2 is 2.50 bits per heavy atom. The first-order valence-corrected chi connectivity index (χ1v) is 4.61. The van der Waals surface area contributed by atoms with Crippen LogP contribution >= 0.6 is 0 Å². The van der Waals surface area contributed by atoms with Gasteiger partial charge in [0.2, 0.25) is 0 Å². The van der Waals surface area contributed by atoms with Crippen molar-refractivity contribution in [2.24, 2.45) is 7.05 Å². The van der Waals surface area contributed by atoms with Crippen LogP contribution in [-0.4, -0.2) is 27.9 Å². The van der Waals surface area contributed by atoms with E-state index in [1.165, 1.54) is 0 Å². The summed E-state index contributed by atoms with van der Waals surface area (Å²) in [4.78, 5) is 11.3. The summed E-state index contributed by atoms with van der Waals surface area (Å²) in [6.45, 7) is 1.89. The van der Waals surface area contributed by atoms with Crippen molar-refractivity contribution >= 4 is 11.7 Å². The van der Waals surface area contributed by atoms with Gasteiger partial charge in [-0.3, -0.25) is 4.68 Å². The van der Waals surface area contributed by atoms with Gasteiger partial charge in [0.25, 0.3) is 0 Å². The first-order chi connectivity index (χ1) is 6.65. The number of esters is 1. The number of rotatable bonds is 2. The van der Waals surface area contributed by atoms with Crippen molar-refractivity contribution in [1.29, 1.82) is 0 Å². The fraction of sp³-hybridized carbons (Fsp3) is 0.556. The van der Waals surface area contributed by atoms with Gasteiger partial charge in [0.1, 0.15) is 12.1 Å². The molecule has 0 saturated carbocycles. The summed E-state index contributed by atoms with van der Waals surface area (Å²) in [6, 6.07) is -0.228. The highest BCUT2D eigenvalue weighted by Crippen LogP contribution is 2.18. The molecule has 2 atom stereocenters. The summed E-state index contributed by atoms with van der Waals surface area (Å²) in [7, 11) is 1.83. The molecule has 1 aromatic heterocycles. The van der Waals surface area contributed by atoms with E-state index in [9.17, 15) is 4.79 Å². The van der Waals surface area contributed by atoms with Crippen molar-refractivity contribution < 1.29 is 9.53 Å². The van der Waals surface area contributed by atoms with Gasteiger partial charge >= 0.3 is 5.97 Å². The third kappa shape index (κ3) is 1.71. The normalized spacial score (nSPS) is 26.3. The molecule has 0 aromatic carbocycles. The predicted molar refractivity (Wildman–Crippen MR) is 50.8 cm³/mol. The van der Waals surface area contributed by atoms with E-state index in [4.69, 9.17) is 4.74 Å². The molecule has 1 saturated heterocycles. The van der Waals surface area contributed by atoms with Crippen LogP contribution in [0, 0.1) is 0 Å². The van der Waals surface area contributed by atoms with Crippen LogP contribution in [0.2, 0.25) is 0 Å². The molecule has 5 heteroatoms. The van der Waals surface area contributed by atoms with Crippen LogP contribution < -0.4 is 5.32 Å². The molecule has 76 valence electrons. The third-order valence-electron chi connectivity index (χ3n) is 2.22. The molecular weight excluding hydrogens is 182 g/mol. The van der Waals surface area contributed by atoms with Crippen LogP contribution in [0.25, 0.3) is 0 Å². The van der Waals surface area contributed by atoms with Crippen LogP contribution in [0.1, 0.15) is 13.3 Å². The Kier molecular flexibility index (Phi) is 2.15. The fourth-order valence-corrected chi connectivity index (χ4v) is 1.57. The van der Waals surface area contributed by atoms with Gasteiger partial charge < -0.3 is 10.1 Å². The van der Waals surface area contributed by atoms with Crippen molar-refractivity contribution in [3.8, 4) is 0 Å². The first-order valence-electron chi connectivity index (χ1n) is 4.61. The van der Waals surface area contributed by atoms with Crippen LogP contribution in [-0.2, 0) is 16.6 Å². The Hall–Kier alpha value is -1.52. The lowest BCUT2D eigenvalue weighted by molar-refractivity contribution is -0.141. The number of ether oxygens (including phenoxy) is 1. The maximum absolute atomic E-state index is 11.3. The van der Waals surface area contributed by atoms with Crippen molar-refractivity contribution in [3.63, 3.8) is 0 Å². The van der Waals surface area contributed by atoms with Crippen LogP contribution in [0.3, 0.4) is 0 Å². The van der Waals surface area contributed by atoms with E-state index in [1.54, 1.807) is 10.9 Å². The van der Waals surface area contributed by atoms with E-state index < -0.39 is 0 Å². The lowest BCUT2D eigenvalue weighted by atomic mass is 10.2. The molecule has 2 unspecified atom stereocenters. The van der Waals surface area contributed by atoms with Crippen LogP contribution in [0.5, 0.6) is 0 Å². The largest absolute Gasteiger partial charge is 0.461 e. The lowest BCUT2D eigenvalue weighted by Crippen LogP contribution is -2.24. The number of carbonyl (C=O) groups excluding carboxylic acids is 1. The number of nitrogens with one attached hydrogen (secondary N) is 1. The number of cyclic esters (lactones) is 1. The molecular formula is C9H13N3O2. The summed E-state index contributed by atoms with van der Waals surface area (Å²) in [5.74, 6) is -0.179. The average Bonchev–Trinajstić information content (AvgIpc) is 2.61. The topological polar surface area (TPSA) is 56.2 Å². The summed E-state index contributed by atoms with van der Waals surface area (Å²) in [5.41, 5.74) is 0.851. The molecule has 5 nitrogen and oxygen atoms in total. The smallest absolute Gasteiger partial charge is 0.328 e. The molecule has 0 bridgehead atoms. The summed E-state index contributed by atoms with van der Waals surface area (Å²) in [5, 5.41) is 7.09. The number of carbonyl (C=O) groups is 1. The minimum Gasteiger partial charge on any atom is -0.461 e. The predicted octanol–water partition coefficient (Wildman–Crippen LogP) is 0.536. The SMILES string of the molecule is CC1CC(Nc2cnn(C)c2)C(=O)O1. The average molecular weight is 195 g/mol. The zero-order valence-corrected chi connectivity index (χ0v) is 8.23. The van der Waals surface area contributed by atoms with Crippen molar-refractivity contribution in [1.82, 2.24) is 9.78 Å². The van der Waals surface area contributed by atoms with Gasteiger partial charge in [-0.1, -0.05) is 0 Å². The highest BCUT2D eigenvalue weighted by atomic mass is 16.6. The molecule has 2 rings (SSSR count). The maximum atomic E-state index is 11.3. The van der Waals surface area contributed by atoms with Crippen LogP contribution in [0.15, 0.2) is 12.4 Å². The van der Waals surface area contributed by atoms with E-state index in [-0.39, 0.29) is 18.1 Å². The van der Waals surface area contributed by atoms with Gasteiger partial charge in [-0.15, -0.1) is 0 Å².